The summed E-state index contributed by atoms with van der Waals surface area (Å²) in [6, 6.07) is 17.0. The van der Waals surface area contributed by atoms with Crippen LogP contribution in [0.3, 0.4) is 0 Å². The fourth-order valence-corrected chi connectivity index (χ4v) is 4.55. The second-order valence-electron chi connectivity index (χ2n) is 7.88. The molecule has 4 aromatic rings. The lowest BCUT2D eigenvalue weighted by Crippen LogP contribution is -2.47. The zero-order valence-electron chi connectivity index (χ0n) is 17.9. The summed E-state index contributed by atoms with van der Waals surface area (Å²) < 4.78 is 0.514. The molecule has 0 radical (unpaired) electrons. The summed E-state index contributed by atoms with van der Waals surface area (Å²) in [4.78, 5) is 18.2. The number of hydrogen-bond acceptors (Lipinski definition) is 8. The van der Waals surface area contributed by atoms with Gasteiger partial charge in [-0.1, -0.05) is 47.7 Å². The molecule has 33 heavy (non-hydrogen) atoms. The molecule has 0 fully saturated rings. The lowest BCUT2D eigenvalue weighted by Gasteiger charge is -2.23. The molecule has 0 aliphatic heterocycles. The molecule has 8 nitrogen and oxygen atoms in total. The normalized spacial score (nSPS) is 11.8. The van der Waals surface area contributed by atoms with Gasteiger partial charge in [0.25, 0.3) is 0 Å². The smallest absolute Gasteiger partial charge is 0.305 e. The van der Waals surface area contributed by atoms with Crippen LogP contribution in [0.15, 0.2) is 65.6 Å². The van der Waals surface area contributed by atoms with Crippen molar-refractivity contribution in [3.05, 3.63) is 92.8 Å². The number of pyridine rings is 1. The van der Waals surface area contributed by atoms with Gasteiger partial charge in [-0.15, -0.1) is 0 Å². The highest BCUT2D eigenvalue weighted by Gasteiger charge is 2.25. The maximum Gasteiger partial charge on any atom is 0.305 e. The van der Waals surface area contributed by atoms with Crippen molar-refractivity contribution in [2.24, 2.45) is 0 Å². The molecule has 0 spiro atoms. The second-order valence-corrected chi connectivity index (χ2v) is 8.86. The van der Waals surface area contributed by atoms with Crippen LogP contribution in [0.4, 0.5) is 0 Å². The Bertz CT molecular complexity index is 1270. The molecule has 0 bridgehead atoms. The maximum absolute atomic E-state index is 11.7. The van der Waals surface area contributed by atoms with E-state index in [0.717, 1.165) is 28.2 Å². The van der Waals surface area contributed by atoms with E-state index in [4.69, 9.17) is 0 Å². The third kappa shape index (κ3) is 6.25. The first-order valence-electron chi connectivity index (χ1n) is 10.6. The van der Waals surface area contributed by atoms with Crippen molar-refractivity contribution in [1.29, 1.82) is 0 Å². The highest BCUT2D eigenvalue weighted by Crippen LogP contribution is 2.29. The van der Waals surface area contributed by atoms with Gasteiger partial charge in [-0.05, 0) is 41.3 Å². The van der Waals surface area contributed by atoms with Crippen LogP contribution in [-0.4, -0.2) is 37.7 Å². The molecule has 2 aromatic heterocycles. The Morgan fingerprint density at radius 1 is 1.03 bits per heavy atom. The first kappa shape index (κ1) is 23.1. The second kappa shape index (κ2) is 10.2. The Morgan fingerprint density at radius 3 is 2.70 bits per heavy atom. The summed E-state index contributed by atoms with van der Waals surface area (Å²) in [7, 11) is 0. The van der Waals surface area contributed by atoms with E-state index in [9.17, 15) is 20.1 Å². The number of nitrogens with one attached hydrogen (secondary N) is 3. The molecule has 2 heterocycles. The maximum atomic E-state index is 11.7. The number of benzene rings is 2. The molecular formula is C24H26N4O4S. The van der Waals surface area contributed by atoms with Crippen LogP contribution in [0, 0.1) is 0 Å². The average molecular weight is 467 g/mol. The minimum Gasteiger partial charge on any atom is -0.506 e. The fourth-order valence-electron chi connectivity index (χ4n) is 3.68. The highest BCUT2D eigenvalue weighted by atomic mass is 32.1. The molecule has 172 valence electrons. The molecule has 0 saturated carbocycles. The third-order valence-electron chi connectivity index (χ3n) is 5.25. The zero-order valence-corrected chi connectivity index (χ0v) is 18.7. The number of aliphatic hydroxyl groups is 2. The average Bonchev–Trinajstić information content (AvgIpc) is 3.19. The number of fused-ring (bicyclic) bond motifs is 1. The summed E-state index contributed by atoms with van der Waals surface area (Å²) in [6.45, 7) is 1.74. The van der Waals surface area contributed by atoms with Crippen LogP contribution in [0.2, 0.25) is 0 Å². The molecule has 0 aliphatic carbocycles. The number of rotatable bonds is 10. The van der Waals surface area contributed by atoms with Crippen molar-refractivity contribution in [1.82, 2.24) is 20.6 Å². The van der Waals surface area contributed by atoms with Gasteiger partial charge >= 0.3 is 4.87 Å². The fraction of sp³-hybridized carbons (Fsp3) is 0.250. The minimum absolute atomic E-state index is 0.0454. The molecule has 9 heteroatoms. The number of aromatic amines is 1. The number of thiazole rings is 1. The van der Waals surface area contributed by atoms with E-state index < -0.39 is 5.91 Å². The highest BCUT2D eigenvalue weighted by molar-refractivity contribution is 7.16. The molecule has 0 amide bonds. The largest absolute Gasteiger partial charge is 0.506 e. The van der Waals surface area contributed by atoms with E-state index in [1.54, 1.807) is 12.3 Å². The Balaban J connectivity index is 1.30. The number of nitrogens with zero attached hydrogens (tertiary/aromatic N) is 1. The topological polar surface area (TPSA) is 130 Å². The molecule has 4 rings (SSSR count). The van der Waals surface area contributed by atoms with Crippen LogP contribution in [0.1, 0.15) is 22.4 Å². The van der Waals surface area contributed by atoms with Crippen LogP contribution in [0.5, 0.6) is 5.75 Å². The summed E-state index contributed by atoms with van der Waals surface area (Å²) in [5.74, 6) is -2.20. The molecule has 0 atom stereocenters. The van der Waals surface area contributed by atoms with Gasteiger partial charge in [0.05, 0.1) is 10.4 Å². The molecule has 6 N–H and O–H groups in total. The van der Waals surface area contributed by atoms with Gasteiger partial charge < -0.3 is 25.6 Å². The van der Waals surface area contributed by atoms with Crippen LogP contribution in [0.25, 0.3) is 10.2 Å². The van der Waals surface area contributed by atoms with Crippen molar-refractivity contribution < 1.29 is 15.3 Å². The standard InChI is InChI=1S/C24H26N4O4S/c29-20-8-7-18(22-21(20)28-23(30)33-22)13-24(31,32)27-11-9-16-4-3-5-17(12-16)14-25-15-19-6-1-2-10-26-19/h1-8,10,12,25,27,29,31-32H,9,11,13-15H2,(H,28,30). The summed E-state index contributed by atoms with van der Waals surface area (Å²) in [5, 5.41) is 36.9. The minimum atomic E-state index is -2.15. The van der Waals surface area contributed by atoms with E-state index >= 15 is 0 Å². The monoisotopic (exact) mass is 466 g/mol. The van der Waals surface area contributed by atoms with Gasteiger partial charge in [0.2, 0.25) is 5.91 Å². The number of phenolic OH excluding ortho intramolecular Hbond substituents is 1. The zero-order chi connectivity index (χ0) is 23.3. The van der Waals surface area contributed by atoms with Crippen LogP contribution >= 0.6 is 11.3 Å². The van der Waals surface area contributed by atoms with Crippen molar-refractivity contribution in [2.45, 2.75) is 31.8 Å². The Hall–Kier alpha value is -3.08. The van der Waals surface area contributed by atoms with Gasteiger partial charge in [-0.25, -0.2) is 0 Å². The first-order chi connectivity index (χ1) is 15.9. The Morgan fingerprint density at radius 2 is 1.88 bits per heavy atom. The van der Waals surface area contributed by atoms with E-state index in [0.29, 0.717) is 41.8 Å². The molecule has 2 aromatic carbocycles. The van der Waals surface area contributed by atoms with Crippen molar-refractivity contribution >= 4 is 21.6 Å². The van der Waals surface area contributed by atoms with E-state index in [1.165, 1.54) is 6.07 Å². The van der Waals surface area contributed by atoms with Gasteiger partial charge in [0.15, 0.2) is 0 Å². The molecular weight excluding hydrogens is 440 g/mol. The lowest BCUT2D eigenvalue weighted by molar-refractivity contribution is -0.183. The predicted molar refractivity (Wildman–Crippen MR) is 128 cm³/mol. The van der Waals surface area contributed by atoms with Gasteiger partial charge in [0, 0.05) is 32.3 Å². The number of aromatic hydroxyl groups is 1. The van der Waals surface area contributed by atoms with Crippen LogP contribution < -0.4 is 15.5 Å². The summed E-state index contributed by atoms with van der Waals surface area (Å²) in [6.07, 6.45) is 2.26. The summed E-state index contributed by atoms with van der Waals surface area (Å²) in [5.41, 5.74) is 4.07. The number of hydrogen-bond donors (Lipinski definition) is 6. The number of phenols is 1. The molecule has 0 aliphatic rings. The van der Waals surface area contributed by atoms with E-state index in [1.807, 2.05) is 36.4 Å². The summed E-state index contributed by atoms with van der Waals surface area (Å²) >= 11 is 0.930. The Labute approximate surface area is 194 Å². The SMILES string of the molecule is O=c1[nH]c2c(O)ccc(CC(O)(O)NCCc3cccc(CNCc4ccccn4)c3)c2s1. The van der Waals surface area contributed by atoms with Gasteiger partial charge in [-0.3, -0.25) is 15.1 Å². The lowest BCUT2D eigenvalue weighted by atomic mass is 10.1. The Kier molecular flexibility index (Phi) is 7.17. The van der Waals surface area contributed by atoms with Crippen molar-refractivity contribution in [2.75, 3.05) is 6.54 Å². The number of aromatic nitrogens is 2. The van der Waals surface area contributed by atoms with Gasteiger partial charge in [-0.2, -0.15) is 0 Å². The molecule has 0 unspecified atom stereocenters. The van der Waals surface area contributed by atoms with Crippen LogP contribution in [-0.2, 0) is 25.9 Å². The van der Waals surface area contributed by atoms with E-state index in [2.05, 4.69) is 26.7 Å². The predicted octanol–water partition coefficient (Wildman–Crippen LogP) is 1.99. The van der Waals surface area contributed by atoms with Crippen molar-refractivity contribution in [3.8, 4) is 5.75 Å². The van der Waals surface area contributed by atoms with E-state index in [-0.39, 0.29) is 17.0 Å². The van der Waals surface area contributed by atoms with Gasteiger partial charge in [0.1, 0.15) is 11.3 Å². The first-order valence-corrected chi connectivity index (χ1v) is 11.4. The molecule has 0 saturated heterocycles. The van der Waals surface area contributed by atoms with Crippen molar-refractivity contribution in [3.63, 3.8) is 0 Å². The number of H-pyrrole nitrogens is 1. The quantitative estimate of drug-likeness (QED) is 0.197. The third-order valence-corrected chi connectivity index (χ3v) is 6.21.